The second-order valence-corrected chi connectivity index (χ2v) is 22.5. The van der Waals surface area contributed by atoms with Crippen LogP contribution in [0.3, 0.4) is 0 Å². The lowest BCUT2D eigenvalue weighted by molar-refractivity contribution is -0.327. The van der Waals surface area contributed by atoms with E-state index in [1.54, 1.807) is 0 Å². The lowest BCUT2D eigenvalue weighted by Gasteiger charge is -2.70. The molecule has 0 aromatic carbocycles. The van der Waals surface area contributed by atoms with E-state index in [-0.39, 0.29) is 45.8 Å². The van der Waals surface area contributed by atoms with Crippen LogP contribution in [0.15, 0.2) is 11.6 Å². The molecule has 60 heavy (non-hydrogen) atoms. The molecule has 336 valence electrons. The predicted molar refractivity (Wildman–Crippen MR) is 218 cm³/mol. The summed E-state index contributed by atoms with van der Waals surface area (Å²) in [4.78, 5) is 79.3. The summed E-state index contributed by atoms with van der Waals surface area (Å²) in [6, 6.07) is 0. The fraction of sp³-hybridized carbons (Fsp3) is 0.818. The van der Waals surface area contributed by atoms with E-state index in [2.05, 4.69) is 41.5 Å². The van der Waals surface area contributed by atoms with E-state index in [4.69, 9.17) is 68.0 Å². The van der Waals surface area contributed by atoms with E-state index in [1.807, 2.05) is 13.0 Å². The van der Waals surface area contributed by atoms with Gasteiger partial charge < -0.3 is 33.2 Å². The minimum atomic E-state index is -2.57. The van der Waals surface area contributed by atoms with Gasteiger partial charge >= 0.3 is 29.8 Å². The summed E-state index contributed by atoms with van der Waals surface area (Å²) in [5, 5.41) is 0. The monoisotopic (exact) mass is 902 g/mol. The molecule has 14 atom stereocenters. The Hall–Kier alpha value is -2.45. The summed E-state index contributed by atoms with van der Waals surface area (Å²) in [5.41, 5.74) is -1.22. The van der Waals surface area contributed by atoms with Crippen LogP contribution in [0.4, 0.5) is 0 Å². The van der Waals surface area contributed by atoms with E-state index < -0.39 is 80.7 Å². The molecule has 0 aromatic heterocycles. The molecule has 0 bridgehead atoms. The van der Waals surface area contributed by atoms with Gasteiger partial charge in [0.05, 0.1) is 25.7 Å². The smallest absolute Gasteiger partial charge is 0.359 e. The van der Waals surface area contributed by atoms with Crippen molar-refractivity contribution in [1.82, 2.24) is 0 Å². The summed E-state index contributed by atoms with van der Waals surface area (Å²) in [6.07, 6.45) is -0.0632. The first-order valence-electron chi connectivity index (χ1n) is 21.0. The molecular formula is C44H61Cl3O13. The van der Waals surface area contributed by atoms with Gasteiger partial charge in [-0.05, 0) is 110 Å². The number of halogens is 3. The van der Waals surface area contributed by atoms with E-state index in [9.17, 15) is 28.8 Å². The maximum atomic E-state index is 15.0. The minimum Gasteiger partial charge on any atom is -0.469 e. The van der Waals surface area contributed by atoms with Crippen molar-refractivity contribution in [3.8, 4) is 0 Å². The molecule has 1 heterocycles. The van der Waals surface area contributed by atoms with E-state index >= 15 is 0 Å². The molecule has 6 aliphatic rings. The third-order valence-corrected chi connectivity index (χ3v) is 17.0. The SMILES string of the molecule is COC(=O)[C@H]1O[C@@H](O[C@H]2CC[C@]3(C)[C@H]4C(=O)C=C5[C@H]6C[C@@](C)(C(=O)OC)CC[C@]6(C)CC[C@@]5(C)[C@]4(C)CC[C@H]3C2(C)C)[C@H](OC(=O)C(Cl)(Cl)Cl)[C@@H](OC(C)=O)[C@@H]1OC(C)=O. The number of hydrogen-bond donors (Lipinski definition) is 0. The summed E-state index contributed by atoms with van der Waals surface area (Å²) in [7, 11) is 2.55. The lowest BCUT2D eigenvalue weighted by Crippen LogP contribution is -2.68. The molecule has 13 nitrogen and oxygen atoms in total. The lowest BCUT2D eigenvalue weighted by atomic mass is 9.33. The van der Waals surface area contributed by atoms with Crippen LogP contribution >= 0.6 is 34.8 Å². The zero-order valence-electron chi connectivity index (χ0n) is 36.6. The highest BCUT2D eigenvalue weighted by Crippen LogP contribution is 2.75. The maximum absolute atomic E-state index is 15.0. The van der Waals surface area contributed by atoms with E-state index in [1.165, 1.54) is 12.7 Å². The second-order valence-electron chi connectivity index (χ2n) is 20.2. The summed E-state index contributed by atoms with van der Waals surface area (Å²) >= 11 is 17.7. The third-order valence-electron chi connectivity index (χ3n) is 16.5. The topological polar surface area (TPSA) is 167 Å². The molecule has 0 aromatic rings. The quantitative estimate of drug-likeness (QED) is 0.106. The fourth-order valence-corrected chi connectivity index (χ4v) is 13.3. The van der Waals surface area contributed by atoms with Gasteiger partial charge in [-0.2, -0.15) is 0 Å². The highest BCUT2D eigenvalue weighted by molar-refractivity contribution is 6.75. The molecule has 16 heteroatoms. The first-order valence-corrected chi connectivity index (χ1v) is 22.1. The van der Waals surface area contributed by atoms with Crippen molar-refractivity contribution in [3.05, 3.63) is 11.6 Å². The molecule has 5 fully saturated rings. The highest BCUT2D eigenvalue weighted by Gasteiger charge is 2.71. The van der Waals surface area contributed by atoms with Gasteiger partial charge in [0.15, 0.2) is 36.5 Å². The molecule has 0 unspecified atom stereocenters. The van der Waals surface area contributed by atoms with E-state index in [0.717, 1.165) is 59.5 Å². The average Bonchev–Trinajstić information content (AvgIpc) is 3.14. The molecular weight excluding hydrogens is 843 g/mol. The number of ether oxygens (including phenoxy) is 7. The molecule has 0 spiro atoms. The number of carbonyl (C=O) groups is 6. The second kappa shape index (κ2) is 16.0. The van der Waals surface area contributed by atoms with Crippen LogP contribution in [0, 0.1) is 50.2 Å². The van der Waals surface area contributed by atoms with Crippen LogP contribution in [0.2, 0.25) is 0 Å². The predicted octanol–water partition coefficient (Wildman–Crippen LogP) is 7.57. The number of esters is 5. The molecule has 1 saturated heterocycles. The van der Waals surface area contributed by atoms with Crippen molar-refractivity contribution in [2.75, 3.05) is 14.2 Å². The fourth-order valence-electron chi connectivity index (χ4n) is 13.2. The van der Waals surface area contributed by atoms with Gasteiger partial charge in [-0.15, -0.1) is 0 Å². The van der Waals surface area contributed by atoms with Crippen LogP contribution in [0.25, 0.3) is 0 Å². The van der Waals surface area contributed by atoms with Crippen LogP contribution in [-0.2, 0) is 61.9 Å². The average molecular weight is 904 g/mol. The number of ketones is 1. The van der Waals surface area contributed by atoms with Crippen LogP contribution < -0.4 is 0 Å². The van der Waals surface area contributed by atoms with Crippen LogP contribution in [-0.4, -0.2) is 90.5 Å². The molecule has 4 saturated carbocycles. The Morgan fingerprint density at radius 2 is 1.38 bits per heavy atom. The minimum absolute atomic E-state index is 0.0213. The van der Waals surface area contributed by atoms with Crippen LogP contribution in [0.5, 0.6) is 0 Å². The number of methoxy groups -OCH3 is 2. The van der Waals surface area contributed by atoms with Gasteiger partial charge in [-0.25, -0.2) is 9.59 Å². The molecule has 5 aliphatic carbocycles. The Kier molecular flexibility index (Phi) is 12.5. The third kappa shape index (κ3) is 7.59. The standard InChI is InChI=1S/C44H61Cl3O13/c1-22(48)56-29-30(57-23(2)49)32(60-37(53)44(45,46)47)35(59-31(29)34(51)54-10)58-28-13-14-41(7)27(38(28,3)4)12-15-43(9)33(41)26(50)20-24-25-21-40(6,36(52)55-11)17-16-39(25,5)18-19-42(24,43)8/h20,25,27-33,35H,12-19,21H2,1-11H3/t25-,27+,28+,29+,30+,31+,32-,33-,35-,39-,40+,41+,42-,43-/m1/s1. The van der Waals surface area contributed by atoms with Crippen molar-refractivity contribution < 1.29 is 61.9 Å². The molecule has 0 radical (unpaired) electrons. The Bertz CT molecular complexity index is 1830. The molecule has 1 aliphatic heterocycles. The van der Waals surface area contributed by atoms with Crippen molar-refractivity contribution in [2.45, 2.75) is 161 Å². The number of fused-ring (bicyclic) bond motifs is 7. The normalized spacial score (nSPS) is 43.3. The number of rotatable bonds is 7. The number of hydrogen-bond acceptors (Lipinski definition) is 13. The Morgan fingerprint density at radius 3 is 1.97 bits per heavy atom. The van der Waals surface area contributed by atoms with Gasteiger partial charge in [0.25, 0.3) is 3.79 Å². The largest absolute Gasteiger partial charge is 0.469 e. The van der Waals surface area contributed by atoms with E-state index in [0.29, 0.717) is 19.3 Å². The Balaban J connectivity index is 1.35. The molecule has 0 N–H and O–H groups in total. The first-order chi connectivity index (χ1) is 27.6. The zero-order chi connectivity index (χ0) is 44.8. The number of carbonyl (C=O) groups excluding carboxylic acids is 6. The van der Waals surface area contributed by atoms with Crippen molar-refractivity contribution in [1.29, 1.82) is 0 Å². The van der Waals surface area contributed by atoms with Gasteiger partial charge in [-0.3, -0.25) is 19.2 Å². The number of alkyl halides is 3. The van der Waals surface area contributed by atoms with Gasteiger partial charge in [0.1, 0.15) is 0 Å². The summed E-state index contributed by atoms with van der Waals surface area (Å²) < 4.78 is 37.3. The molecule has 6 rings (SSSR count). The first kappa shape index (κ1) is 47.0. The van der Waals surface area contributed by atoms with Crippen molar-refractivity contribution in [3.63, 3.8) is 0 Å². The van der Waals surface area contributed by atoms with Gasteiger partial charge in [0, 0.05) is 19.8 Å². The Morgan fingerprint density at radius 1 is 0.767 bits per heavy atom. The van der Waals surface area contributed by atoms with Gasteiger partial charge in [-0.1, -0.05) is 81.9 Å². The van der Waals surface area contributed by atoms with Crippen LogP contribution in [0.1, 0.15) is 120 Å². The summed E-state index contributed by atoms with van der Waals surface area (Å²) in [6.45, 7) is 17.6. The summed E-state index contributed by atoms with van der Waals surface area (Å²) in [5.74, 6) is -4.38. The van der Waals surface area contributed by atoms with Crippen molar-refractivity contribution in [2.24, 2.45) is 50.2 Å². The molecule has 0 amide bonds. The zero-order valence-corrected chi connectivity index (χ0v) is 38.8. The van der Waals surface area contributed by atoms with Gasteiger partial charge in [0.2, 0.25) is 0 Å². The number of allylic oxidation sites excluding steroid dienone is 2. The van der Waals surface area contributed by atoms with Crippen molar-refractivity contribution >= 4 is 70.4 Å². The Labute approximate surface area is 367 Å². The maximum Gasteiger partial charge on any atom is 0.359 e. The highest BCUT2D eigenvalue weighted by atomic mass is 35.6.